The summed E-state index contributed by atoms with van der Waals surface area (Å²) in [7, 11) is 0. The van der Waals surface area contributed by atoms with E-state index in [1.165, 1.54) is 17.0 Å². The molecule has 0 radical (unpaired) electrons. The normalized spacial score (nSPS) is 16.0. The van der Waals surface area contributed by atoms with Crippen LogP contribution in [0.2, 0.25) is 0 Å². The minimum Gasteiger partial charge on any atom is -0.490 e. The zero-order valence-electron chi connectivity index (χ0n) is 16.2. The third kappa shape index (κ3) is 6.26. The number of hydrogen-bond acceptors (Lipinski definition) is 4. The molecule has 1 heterocycles. The lowest BCUT2D eigenvalue weighted by molar-refractivity contribution is -0.187. The molecule has 0 aliphatic carbocycles. The van der Waals surface area contributed by atoms with E-state index in [0.29, 0.717) is 50.9 Å². The molecule has 2 aromatic rings. The first-order chi connectivity index (χ1) is 13.5. The molecule has 8 heteroatoms. The van der Waals surface area contributed by atoms with Crippen molar-refractivity contribution in [2.24, 2.45) is 0 Å². The first-order valence-corrected chi connectivity index (χ1v) is 9.44. The van der Waals surface area contributed by atoms with Gasteiger partial charge >= 0.3 is 6.18 Å². The Morgan fingerprint density at radius 2 is 1.69 bits per heavy atom. The van der Waals surface area contributed by atoms with Gasteiger partial charge in [-0.25, -0.2) is 0 Å². The molecule has 0 saturated carbocycles. The minimum atomic E-state index is -4.37. The van der Waals surface area contributed by atoms with Crippen LogP contribution < -0.4 is 14.8 Å². The number of halogens is 4. The standard InChI is InChI=1S/C21H25F3N2O2.ClH/c1-2-27-19-14-17(20(21(22,23)24)26-12-10-25-11-13-26)8-9-18(19)28-15-16-6-4-3-5-7-16;/h3-9,14,20,25H,2,10-13,15H2,1H3;1H/t20-;/m1./s1. The monoisotopic (exact) mass is 430 g/mol. The molecular weight excluding hydrogens is 405 g/mol. The van der Waals surface area contributed by atoms with E-state index in [4.69, 9.17) is 9.47 Å². The topological polar surface area (TPSA) is 33.7 Å². The van der Waals surface area contributed by atoms with Gasteiger partial charge in [0.25, 0.3) is 0 Å². The Hall–Kier alpha value is -1.96. The van der Waals surface area contributed by atoms with E-state index in [1.807, 2.05) is 30.3 Å². The lowest BCUT2D eigenvalue weighted by Crippen LogP contribution is -2.49. The third-order valence-electron chi connectivity index (χ3n) is 4.65. The summed E-state index contributed by atoms with van der Waals surface area (Å²) >= 11 is 0. The molecule has 160 valence electrons. The van der Waals surface area contributed by atoms with E-state index >= 15 is 0 Å². The Morgan fingerprint density at radius 3 is 2.31 bits per heavy atom. The maximum absolute atomic E-state index is 13.8. The highest BCUT2D eigenvalue weighted by molar-refractivity contribution is 5.85. The second-order valence-electron chi connectivity index (χ2n) is 6.64. The first-order valence-electron chi connectivity index (χ1n) is 9.44. The van der Waals surface area contributed by atoms with Crippen molar-refractivity contribution in [2.75, 3.05) is 32.8 Å². The predicted octanol–water partition coefficient (Wildman–Crippen LogP) is 4.59. The van der Waals surface area contributed by atoms with E-state index < -0.39 is 12.2 Å². The molecule has 1 saturated heterocycles. The van der Waals surface area contributed by atoms with Crippen molar-refractivity contribution in [1.82, 2.24) is 10.2 Å². The van der Waals surface area contributed by atoms with E-state index in [1.54, 1.807) is 13.0 Å². The van der Waals surface area contributed by atoms with Crippen molar-refractivity contribution < 1.29 is 22.6 Å². The molecule has 0 spiro atoms. The highest BCUT2D eigenvalue weighted by Gasteiger charge is 2.45. The number of rotatable bonds is 7. The van der Waals surface area contributed by atoms with E-state index in [-0.39, 0.29) is 18.0 Å². The van der Waals surface area contributed by atoms with Gasteiger partial charge in [-0.15, -0.1) is 12.4 Å². The highest BCUT2D eigenvalue weighted by atomic mass is 35.5. The Balaban J connectivity index is 0.00000300. The molecule has 1 fully saturated rings. The first kappa shape index (κ1) is 23.3. The summed E-state index contributed by atoms with van der Waals surface area (Å²) in [5.41, 5.74) is 1.15. The number of hydrogen-bond donors (Lipinski definition) is 1. The smallest absolute Gasteiger partial charge is 0.408 e. The summed E-state index contributed by atoms with van der Waals surface area (Å²) in [6, 6.07) is 12.5. The highest BCUT2D eigenvalue weighted by Crippen LogP contribution is 2.41. The van der Waals surface area contributed by atoms with Crippen molar-refractivity contribution in [3.63, 3.8) is 0 Å². The van der Waals surface area contributed by atoms with Gasteiger partial charge in [-0.05, 0) is 30.2 Å². The van der Waals surface area contributed by atoms with Gasteiger partial charge in [-0.1, -0.05) is 36.4 Å². The van der Waals surface area contributed by atoms with Gasteiger partial charge < -0.3 is 14.8 Å². The zero-order valence-corrected chi connectivity index (χ0v) is 17.1. The zero-order chi connectivity index (χ0) is 20.0. The van der Waals surface area contributed by atoms with Crippen LogP contribution in [-0.2, 0) is 6.61 Å². The summed E-state index contributed by atoms with van der Waals surface area (Å²) in [5, 5.41) is 3.09. The number of piperazine rings is 1. The van der Waals surface area contributed by atoms with Gasteiger partial charge in [-0.3, -0.25) is 4.90 Å². The van der Waals surface area contributed by atoms with Crippen LogP contribution in [0.3, 0.4) is 0 Å². The van der Waals surface area contributed by atoms with Crippen LogP contribution in [0.15, 0.2) is 48.5 Å². The third-order valence-corrected chi connectivity index (χ3v) is 4.65. The molecule has 29 heavy (non-hydrogen) atoms. The number of alkyl halides is 3. The fraction of sp³-hybridized carbons (Fsp3) is 0.429. The van der Waals surface area contributed by atoms with Crippen LogP contribution in [0.5, 0.6) is 11.5 Å². The van der Waals surface area contributed by atoms with Gasteiger partial charge in [0.05, 0.1) is 6.61 Å². The molecule has 1 aliphatic heterocycles. The molecule has 2 aromatic carbocycles. The average molecular weight is 431 g/mol. The Morgan fingerprint density at radius 1 is 1.00 bits per heavy atom. The lowest BCUT2D eigenvalue weighted by atomic mass is 10.0. The second-order valence-corrected chi connectivity index (χ2v) is 6.64. The molecular formula is C21H26ClF3N2O2. The summed E-state index contributed by atoms with van der Waals surface area (Å²) in [6.45, 7) is 4.24. The SMILES string of the molecule is CCOc1cc([C@@H](N2CCNCC2)C(F)(F)F)ccc1OCc1ccccc1.Cl. The Kier molecular flexibility index (Phi) is 8.61. The average Bonchev–Trinajstić information content (AvgIpc) is 2.68. The fourth-order valence-electron chi connectivity index (χ4n) is 3.36. The van der Waals surface area contributed by atoms with Gasteiger partial charge in [0.1, 0.15) is 12.6 Å². The molecule has 1 aliphatic rings. The molecule has 0 aromatic heterocycles. The summed E-state index contributed by atoms with van der Waals surface area (Å²) in [4.78, 5) is 1.46. The van der Waals surface area contributed by atoms with Crippen LogP contribution in [0, 0.1) is 0 Å². The fourth-order valence-corrected chi connectivity index (χ4v) is 3.36. The van der Waals surface area contributed by atoms with Gasteiger partial charge in [-0.2, -0.15) is 13.2 Å². The van der Waals surface area contributed by atoms with Crippen LogP contribution in [0.4, 0.5) is 13.2 Å². The molecule has 0 unspecified atom stereocenters. The molecule has 3 rings (SSSR count). The molecule has 1 atom stereocenters. The maximum Gasteiger partial charge on any atom is 0.408 e. The summed E-state index contributed by atoms with van der Waals surface area (Å²) in [5.74, 6) is 0.774. The quantitative estimate of drug-likeness (QED) is 0.696. The van der Waals surface area contributed by atoms with Crippen molar-refractivity contribution in [2.45, 2.75) is 25.7 Å². The number of ether oxygens (including phenoxy) is 2. The molecule has 4 nitrogen and oxygen atoms in total. The molecule has 1 N–H and O–H groups in total. The van der Waals surface area contributed by atoms with E-state index in [0.717, 1.165) is 5.56 Å². The molecule has 0 amide bonds. The van der Waals surface area contributed by atoms with Gasteiger partial charge in [0.2, 0.25) is 0 Å². The largest absolute Gasteiger partial charge is 0.490 e. The van der Waals surface area contributed by atoms with Crippen molar-refractivity contribution in [1.29, 1.82) is 0 Å². The van der Waals surface area contributed by atoms with Gasteiger partial charge in [0.15, 0.2) is 11.5 Å². The van der Waals surface area contributed by atoms with Crippen LogP contribution >= 0.6 is 12.4 Å². The van der Waals surface area contributed by atoms with Crippen molar-refractivity contribution >= 4 is 12.4 Å². The number of nitrogens with one attached hydrogen (secondary N) is 1. The van der Waals surface area contributed by atoms with E-state index in [2.05, 4.69) is 5.32 Å². The van der Waals surface area contributed by atoms with Crippen molar-refractivity contribution in [3.05, 3.63) is 59.7 Å². The Bertz CT molecular complexity index is 753. The van der Waals surface area contributed by atoms with E-state index in [9.17, 15) is 13.2 Å². The number of benzene rings is 2. The van der Waals surface area contributed by atoms with Crippen LogP contribution in [0.25, 0.3) is 0 Å². The lowest BCUT2D eigenvalue weighted by Gasteiger charge is -2.36. The van der Waals surface area contributed by atoms with Crippen LogP contribution in [0.1, 0.15) is 24.1 Å². The van der Waals surface area contributed by atoms with Gasteiger partial charge in [0, 0.05) is 26.2 Å². The predicted molar refractivity (Wildman–Crippen MR) is 109 cm³/mol. The molecule has 0 bridgehead atoms. The van der Waals surface area contributed by atoms with Crippen molar-refractivity contribution in [3.8, 4) is 11.5 Å². The second kappa shape index (κ2) is 10.7. The summed E-state index contributed by atoms with van der Waals surface area (Å²) < 4.78 is 52.9. The number of nitrogens with zero attached hydrogens (tertiary/aromatic N) is 1. The van der Waals surface area contributed by atoms with Crippen LogP contribution in [-0.4, -0.2) is 43.9 Å². The Labute approximate surface area is 175 Å². The summed E-state index contributed by atoms with van der Waals surface area (Å²) in [6.07, 6.45) is -4.37. The minimum absolute atomic E-state index is 0. The maximum atomic E-state index is 13.8.